The first-order valence-electron chi connectivity index (χ1n) is 4.68. The number of carbonyl (C=O) groups is 2. The van der Waals surface area contributed by atoms with Gasteiger partial charge in [-0.1, -0.05) is 0 Å². The summed E-state index contributed by atoms with van der Waals surface area (Å²) in [6.07, 6.45) is 1.34. The van der Waals surface area contributed by atoms with Crippen molar-refractivity contribution in [1.82, 2.24) is 10.6 Å². The summed E-state index contributed by atoms with van der Waals surface area (Å²) in [5, 5.41) is 4.90. The van der Waals surface area contributed by atoms with E-state index in [0.717, 1.165) is 0 Å². The first-order valence-corrected chi connectivity index (χ1v) is 4.68. The van der Waals surface area contributed by atoms with Gasteiger partial charge in [0.05, 0.1) is 0 Å². The van der Waals surface area contributed by atoms with Gasteiger partial charge in [-0.05, 0) is 25.9 Å². The standard InChI is InChI=1S/C8H18N4O2/c9-3-1-5-11-7(13)8(14)12-6-2-4-10/h1-6,9-10H2,(H,11,13)(H,12,14). The van der Waals surface area contributed by atoms with Crippen molar-refractivity contribution >= 4 is 11.8 Å². The van der Waals surface area contributed by atoms with Crippen LogP contribution in [0.5, 0.6) is 0 Å². The summed E-state index contributed by atoms with van der Waals surface area (Å²) >= 11 is 0. The Bertz CT molecular complexity index is 164. The van der Waals surface area contributed by atoms with Gasteiger partial charge in [-0.25, -0.2) is 0 Å². The van der Waals surface area contributed by atoms with Crippen LogP contribution in [-0.4, -0.2) is 38.0 Å². The summed E-state index contributed by atoms with van der Waals surface area (Å²) < 4.78 is 0. The highest BCUT2D eigenvalue weighted by atomic mass is 16.2. The van der Waals surface area contributed by atoms with Gasteiger partial charge in [-0.15, -0.1) is 0 Å². The van der Waals surface area contributed by atoms with Crippen LogP contribution < -0.4 is 22.1 Å². The molecule has 6 N–H and O–H groups in total. The van der Waals surface area contributed by atoms with Gasteiger partial charge in [0.1, 0.15) is 0 Å². The molecular weight excluding hydrogens is 184 g/mol. The molecule has 0 aromatic carbocycles. The molecule has 0 rings (SSSR count). The zero-order chi connectivity index (χ0) is 10.8. The second kappa shape index (κ2) is 8.46. The van der Waals surface area contributed by atoms with Crippen molar-refractivity contribution in [3.05, 3.63) is 0 Å². The maximum absolute atomic E-state index is 11.0. The molecular formula is C8H18N4O2. The van der Waals surface area contributed by atoms with E-state index in [1.165, 1.54) is 0 Å². The lowest BCUT2D eigenvalue weighted by atomic mass is 10.4. The van der Waals surface area contributed by atoms with Crippen LogP contribution in [0.2, 0.25) is 0 Å². The van der Waals surface area contributed by atoms with Crippen LogP contribution in [0.4, 0.5) is 0 Å². The molecule has 0 heterocycles. The highest BCUT2D eigenvalue weighted by Crippen LogP contribution is 1.75. The molecule has 0 atom stereocenters. The van der Waals surface area contributed by atoms with Crippen molar-refractivity contribution in [3.63, 3.8) is 0 Å². The molecule has 0 saturated carbocycles. The summed E-state index contributed by atoms with van der Waals surface area (Å²) in [4.78, 5) is 22.0. The number of nitrogens with one attached hydrogen (secondary N) is 2. The highest BCUT2D eigenvalue weighted by Gasteiger charge is 2.10. The molecule has 0 aromatic heterocycles. The molecule has 0 spiro atoms. The molecule has 6 heteroatoms. The zero-order valence-electron chi connectivity index (χ0n) is 8.21. The van der Waals surface area contributed by atoms with Crippen molar-refractivity contribution in [2.24, 2.45) is 11.5 Å². The van der Waals surface area contributed by atoms with Gasteiger partial charge < -0.3 is 22.1 Å². The van der Waals surface area contributed by atoms with Crippen molar-refractivity contribution < 1.29 is 9.59 Å². The molecule has 0 saturated heterocycles. The van der Waals surface area contributed by atoms with Crippen molar-refractivity contribution in [2.45, 2.75) is 12.8 Å². The predicted molar refractivity (Wildman–Crippen MR) is 53.4 cm³/mol. The Kier molecular flexibility index (Phi) is 7.77. The minimum atomic E-state index is -0.615. The Balaban J connectivity index is 3.50. The molecule has 2 amide bonds. The zero-order valence-corrected chi connectivity index (χ0v) is 8.21. The minimum Gasteiger partial charge on any atom is -0.348 e. The summed E-state index contributed by atoms with van der Waals surface area (Å²) in [5.41, 5.74) is 10.4. The summed E-state index contributed by atoms with van der Waals surface area (Å²) in [6.45, 7) is 1.85. The second-order valence-corrected chi connectivity index (χ2v) is 2.80. The van der Waals surface area contributed by atoms with Gasteiger partial charge in [0.15, 0.2) is 0 Å². The third-order valence-corrected chi connectivity index (χ3v) is 1.54. The Morgan fingerprint density at radius 3 is 1.50 bits per heavy atom. The van der Waals surface area contributed by atoms with Gasteiger partial charge in [0.2, 0.25) is 0 Å². The Hall–Kier alpha value is -1.14. The molecule has 0 bridgehead atoms. The molecule has 82 valence electrons. The van der Waals surface area contributed by atoms with Gasteiger partial charge >= 0.3 is 11.8 Å². The van der Waals surface area contributed by atoms with Crippen LogP contribution in [0.25, 0.3) is 0 Å². The van der Waals surface area contributed by atoms with E-state index >= 15 is 0 Å². The van der Waals surface area contributed by atoms with E-state index in [0.29, 0.717) is 39.0 Å². The number of nitrogens with two attached hydrogens (primary N) is 2. The van der Waals surface area contributed by atoms with Crippen molar-refractivity contribution in [3.8, 4) is 0 Å². The number of hydrogen-bond donors (Lipinski definition) is 4. The SMILES string of the molecule is NCCCNC(=O)C(=O)NCCCN. The van der Waals surface area contributed by atoms with E-state index in [1.807, 2.05) is 0 Å². The smallest absolute Gasteiger partial charge is 0.309 e. The fourth-order valence-corrected chi connectivity index (χ4v) is 0.769. The number of amides is 2. The lowest BCUT2D eigenvalue weighted by Gasteiger charge is -2.04. The summed E-state index contributed by atoms with van der Waals surface area (Å²) in [5.74, 6) is -1.23. The molecule has 0 unspecified atom stereocenters. The molecule has 6 nitrogen and oxygen atoms in total. The fourth-order valence-electron chi connectivity index (χ4n) is 0.769. The van der Waals surface area contributed by atoms with Crippen molar-refractivity contribution in [2.75, 3.05) is 26.2 Å². The number of rotatable bonds is 6. The van der Waals surface area contributed by atoms with Crippen LogP contribution in [-0.2, 0) is 9.59 Å². The van der Waals surface area contributed by atoms with Crippen LogP contribution in [0, 0.1) is 0 Å². The Morgan fingerprint density at radius 1 is 0.857 bits per heavy atom. The van der Waals surface area contributed by atoms with Gasteiger partial charge in [0.25, 0.3) is 0 Å². The third kappa shape index (κ3) is 6.38. The van der Waals surface area contributed by atoms with Gasteiger partial charge in [-0.2, -0.15) is 0 Å². The van der Waals surface area contributed by atoms with Crippen molar-refractivity contribution in [1.29, 1.82) is 0 Å². The van der Waals surface area contributed by atoms with E-state index in [9.17, 15) is 9.59 Å². The third-order valence-electron chi connectivity index (χ3n) is 1.54. The number of carbonyl (C=O) groups excluding carboxylic acids is 2. The van der Waals surface area contributed by atoms with E-state index in [2.05, 4.69) is 10.6 Å². The quantitative estimate of drug-likeness (QED) is 0.292. The number of hydrogen-bond acceptors (Lipinski definition) is 4. The topological polar surface area (TPSA) is 110 Å². The first kappa shape index (κ1) is 12.9. The average molecular weight is 202 g/mol. The maximum atomic E-state index is 11.0. The van der Waals surface area contributed by atoms with E-state index in [4.69, 9.17) is 11.5 Å². The van der Waals surface area contributed by atoms with E-state index in [1.54, 1.807) is 0 Å². The molecule has 0 aromatic rings. The Morgan fingerprint density at radius 2 is 1.21 bits per heavy atom. The lowest BCUT2D eigenvalue weighted by molar-refractivity contribution is -0.139. The molecule has 0 aliphatic heterocycles. The largest absolute Gasteiger partial charge is 0.348 e. The van der Waals surface area contributed by atoms with Gasteiger partial charge in [-0.3, -0.25) is 9.59 Å². The van der Waals surface area contributed by atoms with E-state index in [-0.39, 0.29) is 0 Å². The Labute approximate surface area is 83.4 Å². The molecule has 0 radical (unpaired) electrons. The van der Waals surface area contributed by atoms with E-state index < -0.39 is 11.8 Å². The average Bonchev–Trinajstić information content (AvgIpc) is 2.18. The predicted octanol–water partition coefficient (Wildman–Crippen LogP) is -2.08. The van der Waals surface area contributed by atoms with Gasteiger partial charge in [0, 0.05) is 13.1 Å². The lowest BCUT2D eigenvalue weighted by Crippen LogP contribution is -2.41. The van der Waals surface area contributed by atoms with Crippen LogP contribution in [0.3, 0.4) is 0 Å². The second-order valence-electron chi connectivity index (χ2n) is 2.80. The van der Waals surface area contributed by atoms with Crippen LogP contribution in [0.15, 0.2) is 0 Å². The summed E-state index contributed by atoms with van der Waals surface area (Å²) in [7, 11) is 0. The summed E-state index contributed by atoms with van der Waals surface area (Å²) in [6, 6.07) is 0. The first-order chi connectivity index (χ1) is 6.72. The van der Waals surface area contributed by atoms with Crippen LogP contribution in [0.1, 0.15) is 12.8 Å². The highest BCUT2D eigenvalue weighted by molar-refractivity contribution is 6.35. The minimum absolute atomic E-state index is 0.430. The fraction of sp³-hybridized carbons (Fsp3) is 0.750. The van der Waals surface area contributed by atoms with Crippen LogP contribution >= 0.6 is 0 Å². The maximum Gasteiger partial charge on any atom is 0.309 e. The normalized spacial score (nSPS) is 9.57. The monoisotopic (exact) mass is 202 g/mol. The molecule has 0 aliphatic rings. The molecule has 14 heavy (non-hydrogen) atoms. The molecule has 0 fully saturated rings. The molecule has 0 aliphatic carbocycles.